The molecule has 0 aliphatic carbocycles. The zero-order chi connectivity index (χ0) is 13.6. The lowest BCUT2D eigenvalue weighted by molar-refractivity contribution is 0.411. The largest absolute Gasteiger partial charge is 0.496 e. The summed E-state index contributed by atoms with van der Waals surface area (Å²) in [6, 6.07) is 8.54. The van der Waals surface area contributed by atoms with Crippen LogP contribution in [0, 0.1) is 13.8 Å². The standard InChI is InChI=1S/C15H15NOS2/c1-8-4-14-10(6-12(8)16)11-7-13(17-3)9(2)5-15(11)19-18-14/h4-7H,16H2,1-3H3. The molecule has 0 atom stereocenters. The van der Waals surface area contributed by atoms with Crippen LogP contribution in [-0.2, 0) is 0 Å². The first-order valence-corrected chi connectivity index (χ1v) is 8.19. The number of methoxy groups -OCH3 is 1. The van der Waals surface area contributed by atoms with Crippen LogP contribution in [0.1, 0.15) is 11.1 Å². The van der Waals surface area contributed by atoms with E-state index in [0.717, 1.165) is 22.6 Å². The quantitative estimate of drug-likeness (QED) is 0.611. The van der Waals surface area contributed by atoms with Crippen molar-refractivity contribution < 1.29 is 4.74 Å². The molecule has 0 aromatic heterocycles. The van der Waals surface area contributed by atoms with E-state index < -0.39 is 0 Å². The van der Waals surface area contributed by atoms with Crippen LogP contribution >= 0.6 is 21.6 Å². The molecule has 98 valence electrons. The molecule has 0 saturated carbocycles. The van der Waals surface area contributed by atoms with E-state index in [1.165, 1.54) is 20.9 Å². The predicted octanol–water partition coefficient (Wildman–Crippen LogP) is 4.67. The van der Waals surface area contributed by atoms with E-state index in [2.05, 4.69) is 31.2 Å². The maximum atomic E-state index is 6.05. The fourth-order valence-corrected chi connectivity index (χ4v) is 4.74. The van der Waals surface area contributed by atoms with Gasteiger partial charge in [0.25, 0.3) is 0 Å². The van der Waals surface area contributed by atoms with Gasteiger partial charge in [-0.15, -0.1) is 0 Å². The molecule has 0 amide bonds. The molecule has 19 heavy (non-hydrogen) atoms. The van der Waals surface area contributed by atoms with Gasteiger partial charge in [-0.05, 0) is 54.8 Å². The Kier molecular flexibility index (Phi) is 3.15. The van der Waals surface area contributed by atoms with Crippen LogP contribution in [0.3, 0.4) is 0 Å². The third kappa shape index (κ3) is 2.09. The highest BCUT2D eigenvalue weighted by molar-refractivity contribution is 8.76. The van der Waals surface area contributed by atoms with Crippen molar-refractivity contribution >= 4 is 27.3 Å². The van der Waals surface area contributed by atoms with Gasteiger partial charge in [-0.25, -0.2) is 0 Å². The van der Waals surface area contributed by atoms with E-state index in [-0.39, 0.29) is 0 Å². The van der Waals surface area contributed by atoms with Crippen molar-refractivity contribution in [3.63, 3.8) is 0 Å². The fourth-order valence-electron chi connectivity index (χ4n) is 2.23. The minimum absolute atomic E-state index is 0.844. The van der Waals surface area contributed by atoms with Crippen molar-refractivity contribution in [1.29, 1.82) is 0 Å². The van der Waals surface area contributed by atoms with Crippen molar-refractivity contribution in [2.24, 2.45) is 0 Å². The minimum Gasteiger partial charge on any atom is -0.496 e. The van der Waals surface area contributed by atoms with Gasteiger partial charge in [-0.3, -0.25) is 0 Å². The lowest BCUT2D eigenvalue weighted by Crippen LogP contribution is -1.97. The second-order valence-electron chi connectivity index (χ2n) is 4.69. The molecule has 2 nitrogen and oxygen atoms in total. The topological polar surface area (TPSA) is 35.2 Å². The number of hydrogen-bond acceptors (Lipinski definition) is 4. The molecule has 1 aliphatic rings. The number of benzene rings is 2. The first-order chi connectivity index (χ1) is 9.10. The second kappa shape index (κ2) is 4.69. The molecule has 2 aromatic rings. The third-order valence-corrected chi connectivity index (χ3v) is 5.82. The normalized spacial score (nSPS) is 12.8. The van der Waals surface area contributed by atoms with Crippen molar-refractivity contribution in [2.75, 3.05) is 12.8 Å². The summed E-state index contributed by atoms with van der Waals surface area (Å²) in [6.45, 7) is 4.12. The van der Waals surface area contributed by atoms with Crippen LogP contribution in [-0.4, -0.2) is 7.11 Å². The Morgan fingerprint density at radius 3 is 2.11 bits per heavy atom. The van der Waals surface area contributed by atoms with Gasteiger partial charge in [-0.2, -0.15) is 0 Å². The Bertz CT molecular complexity index is 668. The number of nitrogen functional groups attached to an aromatic ring is 1. The maximum absolute atomic E-state index is 6.05. The van der Waals surface area contributed by atoms with Gasteiger partial charge in [0.1, 0.15) is 5.75 Å². The summed E-state index contributed by atoms with van der Waals surface area (Å²) in [5, 5.41) is 0. The lowest BCUT2D eigenvalue weighted by Gasteiger charge is -2.21. The Morgan fingerprint density at radius 1 is 0.895 bits per heavy atom. The van der Waals surface area contributed by atoms with Crippen LogP contribution < -0.4 is 10.5 Å². The summed E-state index contributed by atoms with van der Waals surface area (Å²) in [6.07, 6.45) is 0. The van der Waals surface area contributed by atoms with Crippen LogP contribution in [0.5, 0.6) is 5.75 Å². The highest BCUT2D eigenvalue weighted by Gasteiger charge is 2.20. The Labute approximate surface area is 121 Å². The van der Waals surface area contributed by atoms with Crippen LogP contribution in [0.15, 0.2) is 34.1 Å². The average molecular weight is 289 g/mol. The number of rotatable bonds is 1. The van der Waals surface area contributed by atoms with Crippen molar-refractivity contribution in [3.8, 4) is 16.9 Å². The highest BCUT2D eigenvalue weighted by Crippen LogP contribution is 2.53. The number of anilines is 1. The molecular formula is C15H15NOS2. The SMILES string of the molecule is COc1cc2c(cc1C)SSc1cc(C)c(N)cc1-2. The molecular weight excluding hydrogens is 274 g/mol. The summed E-state index contributed by atoms with van der Waals surface area (Å²) in [5.41, 5.74) is 11.6. The molecule has 2 aromatic carbocycles. The second-order valence-corrected chi connectivity index (χ2v) is 6.90. The molecule has 0 saturated heterocycles. The molecule has 1 aliphatic heterocycles. The van der Waals surface area contributed by atoms with Gasteiger partial charge in [0.05, 0.1) is 7.11 Å². The molecule has 0 unspecified atom stereocenters. The van der Waals surface area contributed by atoms with E-state index in [9.17, 15) is 0 Å². The zero-order valence-corrected chi connectivity index (χ0v) is 12.7. The van der Waals surface area contributed by atoms with E-state index in [1.807, 2.05) is 6.92 Å². The molecule has 0 bridgehead atoms. The van der Waals surface area contributed by atoms with E-state index in [0.29, 0.717) is 0 Å². The van der Waals surface area contributed by atoms with Gasteiger partial charge >= 0.3 is 0 Å². The number of hydrogen-bond donors (Lipinski definition) is 1. The Balaban J connectivity index is 2.25. The number of nitrogens with two attached hydrogens (primary N) is 1. The van der Waals surface area contributed by atoms with E-state index in [1.54, 1.807) is 28.7 Å². The van der Waals surface area contributed by atoms with Gasteiger partial charge in [0.15, 0.2) is 0 Å². The minimum atomic E-state index is 0.844. The molecule has 3 rings (SSSR count). The third-order valence-electron chi connectivity index (χ3n) is 3.38. The van der Waals surface area contributed by atoms with Gasteiger partial charge < -0.3 is 10.5 Å². The van der Waals surface area contributed by atoms with Crippen molar-refractivity contribution in [3.05, 3.63) is 35.4 Å². The number of ether oxygens (including phenoxy) is 1. The molecule has 1 heterocycles. The highest BCUT2D eigenvalue weighted by atomic mass is 33.1. The summed E-state index contributed by atoms with van der Waals surface area (Å²) >= 11 is 0. The fraction of sp³-hybridized carbons (Fsp3) is 0.200. The lowest BCUT2D eigenvalue weighted by atomic mass is 10.0. The first kappa shape index (κ1) is 12.8. The van der Waals surface area contributed by atoms with E-state index in [4.69, 9.17) is 10.5 Å². The average Bonchev–Trinajstić information content (AvgIpc) is 2.39. The van der Waals surface area contributed by atoms with Gasteiger partial charge in [-0.1, -0.05) is 21.6 Å². The first-order valence-electron chi connectivity index (χ1n) is 6.04. The molecule has 0 spiro atoms. The van der Waals surface area contributed by atoms with Gasteiger partial charge in [0.2, 0.25) is 0 Å². The smallest absolute Gasteiger partial charge is 0.122 e. The van der Waals surface area contributed by atoms with E-state index >= 15 is 0 Å². The summed E-state index contributed by atoms with van der Waals surface area (Å²) in [5.74, 6) is 0.927. The maximum Gasteiger partial charge on any atom is 0.122 e. The summed E-state index contributed by atoms with van der Waals surface area (Å²) in [4.78, 5) is 2.55. The molecule has 4 heteroatoms. The Morgan fingerprint density at radius 2 is 1.47 bits per heavy atom. The van der Waals surface area contributed by atoms with Crippen molar-refractivity contribution in [1.82, 2.24) is 0 Å². The summed E-state index contributed by atoms with van der Waals surface area (Å²) < 4.78 is 5.43. The van der Waals surface area contributed by atoms with Crippen LogP contribution in [0.25, 0.3) is 11.1 Å². The van der Waals surface area contributed by atoms with Crippen molar-refractivity contribution in [2.45, 2.75) is 23.6 Å². The zero-order valence-electron chi connectivity index (χ0n) is 11.1. The molecule has 0 fully saturated rings. The molecule has 0 radical (unpaired) electrons. The van der Waals surface area contributed by atoms with Crippen LogP contribution in [0.2, 0.25) is 0 Å². The Hall–Kier alpha value is -1.26. The summed E-state index contributed by atoms with van der Waals surface area (Å²) in [7, 11) is 5.31. The monoisotopic (exact) mass is 289 g/mol. The van der Waals surface area contributed by atoms with Gasteiger partial charge in [0, 0.05) is 21.0 Å². The molecule has 2 N–H and O–H groups in total. The van der Waals surface area contributed by atoms with Crippen LogP contribution in [0.4, 0.5) is 5.69 Å². The number of aryl methyl sites for hydroxylation is 2. The number of fused-ring (bicyclic) bond motifs is 3. The predicted molar refractivity (Wildman–Crippen MR) is 84.0 cm³/mol.